The monoisotopic (exact) mass is 449 g/mol. The number of aromatic amines is 1. The van der Waals surface area contributed by atoms with Crippen LogP contribution in [0.2, 0.25) is 0 Å². The van der Waals surface area contributed by atoms with Crippen molar-refractivity contribution >= 4 is 28.0 Å². The Morgan fingerprint density at radius 2 is 1.94 bits per heavy atom. The summed E-state index contributed by atoms with van der Waals surface area (Å²) in [6.07, 6.45) is 1.53. The molecule has 0 unspecified atom stereocenters. The van der Waals surface area contributed by atoms with E-state index in [0.717, 1.165) is 37.6 Å². The molecule has 0 bridgehead atoms. The lowest BCUT2D eigenvalue weighted by atomic mass is 10.1. The summed E-state index contributed by atoms with van der Waals surface area (Å²) in [4.78, 5) is 35.5. The van der Waals surface area contributed by atoms with Crippen LogP contribution < -0.4 is 15.9 Å². The molecule has 1 aliphatic heterocycles. The fraction of sp³-hybridized carbons (Fsp3) is 0.304. The van der Waals surface area contributed by atoms with E-state index in [9.17, 15) is 9.59 Å². The first-order valence-corrected chi connectivity index (χ1v) is 10.8. The van der Waals surface area contributed by atoms with Crippen molar-refractivity contribution in [1.82, 2.24) is 29.8 Å². The van der Waals surface area contributed by atoms with Crippen molar-refractivity contribution in [2.75, 3.05) is 38.1 Å². The maximum absolute atomic E-state index is 15.3. The second kappa shape index (κ2) is 8.28. The summed E-state index contributed by atoms with van der Waals surface area (Å²) in [6.45, 7) is 5.40. The van der Waals surface area contributed by atoms with E-state index in [4.69, 9.17) is 0 Å². The number of fused-ring (bicyclic) bond motifs is 3. The number of pyridine rings is 1. The number of carbonyl (C=O) groups is 1. The van der Waals surface area contributed by atoms with Gasteiger partial charge in [-0.05, 0) is 25.1 Å². The molecule has 0 spiro atoms. The Kier molecular flexibility index (Phi) is 5.29. The van der Waals surface area contributed by atoms with Crippen LogP contribution in [0.15, 0.2) is 41.3 Å². The molecule has 10 heteroatoms. The van der Waals surface area contributed by atoms with Gasteiger partial charge in [0.05, 0.1) is 28.6 Å². The number of anilines is 1. The average Bonchev–Trinajstić information content (AvgIpc) is 3.32. The van der Waals surface area contributed by atoms with Crippen LogP contribution in [0, 0.1) is 12.7 Å². The number of rotatable bonds is 4. The molecule has 0 saturated carbocycles. The second-order valence-corrected chi connectivity index (χ2v) is 8.16. The van der Waals surface area contributed by atoms with Crippen molar-refractivity contribution in [1.29, 1.82) is 0 Å². The summed E-state index contributed by atoms with van der Waals surface area (Å²) in [5, 5.41) is 7.20. The molecule has 1 saturated heterocycles. The molecule has 0 radical (unpaired) electrons. The Bertz CT molecular complexity index is 1420. The Morgan fingerprint density at radius 1 is 1.15 bits per heavy atom. The normalized spacial score (nSPS) is 14.8. The highest BCUT2D eigenvalue weighted by atomic mass is 19.1. The first kappa shape index (κ1) is 21.1. The summed E-state index contributed by atoms with van der Waals surface area (Å²) < 4.78 is 16.5. The minimum Gasteiger partial charge on any atom is -0.368 e. The first-order valence-electron chi connectivity index (χ1n) is 10.8. The number of piperazine rings is 1. The number of benzene rings is 1. The van der Waals surface area contributed by atoms with Crippen molar-refractivity contribution in [2.45, 2.75) is 13.5 Å². The van der Waals surface area contributed by atoms with E-state index in [0.29, 0.717) is 28.7 Å². The first-order chi connectivity index (χ1) is 16.0. The smallest absolute Gasteiger partial charge is 0.347 e. The third-order valence-electron chi connectivity index (χ3n) is 6.19. The van der Waals surface area contributed by atoms with Crippen LogP contribution in [0.3, 0.4) is 0 Å². The molecule has 1 amide bonds. The molecule has 2 N–H and O–H groups in total. The number of hydrogen-bond donors (Lipinski definition) is 2. The second-order valence-electron chi connectivity index (χ2n) is 8.16. The summed E-state index contributed by atoms with van der Waals surface area (Å²) in [5.74, 6) is -0.609. The molecule has 3 aromatic heterocycles. The van der Waals surface area contributed by atoms with Crippen LogP contribution in [0.1, 0.15) is 21.7 Å². The number of hydrogen-bond acceptors (Lipinski definition) is 6. The number of H-pyrrole nitrogens is 1. The van der Waals surface area contributed by atoms with E-state index in [1.165, 1.54) is 10.7 Å². The standard InChI is InChI=1S/C23H24FN7O2/c1-14-18(6-5-17(27-14)22(32)25-2)30-11-9-29(10-12-30)13-15-3-4-16-19-7-8-26-31(19)23(33)28-21(16)20(15)24/h3-8H,9-13H2,1-2H3,(H,25,32)(H,28,33). The molecule has 1 aromatic carbocycles. The largest absolute Gasteiger partial charge is 0.368 e. The molecule has 170 valence electrons. The number of amides is 1. The van der Waals surface area contributed by atoms with Gasteiger partial charge in [-0.25, -0.2) is 14.2 Å². The van der Waals surface area contributed by atoms with Crippen molar-refractivity contribution in [2.24, 2.45) is 0 Å². The van der Waals surface area contributed by atoms with Gasteiger partial charge in [0.2, 0.25) is 0 Å². The zero-order valence-electron chi connectivity index (χ0n) is 18.4. The van der Waals surface area contributed by atoms with Gasteiger partial charge in [0.1, 0.15) is 5.69 Å². The number of nitrogens with zero attached hydrogens (tertiary/aromatic N) is 5. The minimum absolute atomic E-state index is 0.206. The van der Waals surface area contributed by atoms with Crippen molar-refractivity contribution in [3.63, 3.8) is 0 Å². The van der Waals surface area contributed by atoms with Crippen LogP contribution in [0.4, 0.5) is 10.1 Å². The molecule has 0 aliphatic carbocycles. The third kappa shape index (κ3) is 3.72. The SMILES string of the molecule is CNC(=O)c1ccc(N2CCN(Cc3ccc4c([nH]c(=O)n5nccc45)c3F)CC2)c(C)n1. The van der Waals surface area contributed by atoms with Crippen molar-refractivity contribution < 1.29 is 9.18 Å². The lowest BCUT2D eigenvalue weighted by molar-refractivity contribution is 0.0958. The van der Waals surface area contributed by atoms with Crippen LogP contribution in [-0.4, -0.2) is 63.6 Å². The molecule has 5 rings (SSSR count). The lowest BCUT2D eigenvalue weighted by Crippen LogP contribution is -2.46. The molecule has 4 heterocycles. The summed E-state index contributed by atoms with van der Waals surface area (Å²) >= 11 is 0. The molecule has 0 atom stereocenters. The molecular weight excluding hydrogens is 425 g/mol. The van der Waals surface area contributed by atoms with Crippen molar-refractivity contribution in [3.8, 4) is 0 Å². The molecular formula is C23H24FN7O2. The summed E-state index contributed by atoms with van der Waals surface area (Å²) in [7, 11) is 1.58. The van der Waals surface area contributed by atoms with Gasteiger partial charge in [-0.3, -0.25) is 9.69 Å². The Labute approximate surface area is 188 Å². The molecule has 1 aliphatic rings. The fourth-order valence-electron chi connectivity index (χ4n) is 4.44. The van der Waals surface area contributed by atoms with E-state index in [-0.39, 0.29) is 11.4 Å². The van der Waals surface area contributed by atoms with E-state index >= 15 is 4.39 Å². The highest BCUT2D eigenvalue weighted by Crippen LogP contribution is 2.25. The van der Waals surface area contributed by atoms with Crippen LogP contribution in [-0.2, 0) is 6.54 Å². The Hall–Kier alpha value is -3.79. The lowest BCUT2D eigenvalue weighted by Gasteiger charge is -2.36. The number of carbonyl (C=O) groups excluding carboxylic acids is 1. The maximum atomic E-state index is 15.3. The predicted octanol–water partition coefficient (Wildman–Crippen LogP) is 1.70. The van der Waals surface area contributed by atoms with Gasteiger partial charge in [-0.1, -0.05) is 12.1 Å². The predicted molar refractivity (Wildman–Crippen MR) is 123 cm³/mol. The van der Waals surface area contributed by atoms with Gasteiger partial charge in [0.15, 0.2) is 5.82 Å². The number of aromatic nitrogens is 4. The average molecular weight is 449 g/mol. The highest BCUT2D eigenvalue weighted by Gasteiger charge is 2.21. The van der Waals surface area contributed by atoms with Gasteiger partial charge in [-0.2, -0.15) is 9.61 Å². The molecule has 4 aromatic rings. The van der Waals surface area contributed by atoms with Crippen LogP contribution in [0.25, 0.3) is 16.4 Å². The zero-order chi connectivity index (χ0) is 23.1. The highest BCUT2D eigenvalue weighted by molar-refractivity contribution is 5.94. The quantitative estimate of drug-likeness (QED) is 0.492. The molecule has 33 heavy (non-hydrogen) atoms. The zero-order valence-corrected chi connectivity index (χ0v) is 18.4. The summed E-state index contributed by atoms with van der Waals surface area (Å²) in [5.41, 5.74) is 3.08. The Balaban J connectivity index is 1.31. The Morgan fingerprint density at radius 3 is 2.67 bits per heavy atom. The molecule has 9 nitrogen and oxygen atoms in total. The van der Waals surface area contributed by atoms with E-state index < -0.39 is 11.5 Å². The minimum atomic E-state index is -0.460. The van der Waals surface area contributed by atoms with Gasteiger partial charge in [0.25, 0.3) is 5.91 Å². The van der Waals surface area contributed by atoms with E-state index in [1.807, 2.05) is 19.1 Å². The van der Waals surface area contributed by atoms with Gasteiger partial charge < -0.3 is 15.2 Å². The number of aryl methyl sites for hydroxylation is 1. The fourth-order valence-corrected chi connectivity index (χ4v) is 4.44. The third-order valence-corrected chi connectivity index (χ3v) is 6.19. The van der Waals surface area contributed by atoms with E-state index in [1.54, 1.807) is 25.2 Å². The topological polar surface area (TPSA) is 98.6 Å². The number of nitrogens with one attached hydrogen (secondary N) is 2. The van der Waals surface area contributed by atoms with Gasteiger partial charge in [-0.15, -0.1) is 0 Å². The number of halogens is 1. The molecule has 1 fully saturated rings. The van der Waals surface area contributed by atoms with Gasteiger partial charge in [0, 0.05) is 50.7 Å². The van der Waals surface area contributed by atoms with Crippen LogP contribution in [0.5, 0.6) is 0 Å². The van der Waals surface area contributed by atoms with Gasteiger partial charge >= 0.3 is 5.69 Å². The summed E-state index contributed by atoms with van der Waals surface area (Å²) in [6, 6.07) is 8.98. The van der Waals surface area contributed by atoms with Crippen molar-refractivity contribution in [3.05, 3.63) is 69.8 Å². The van der Waals surface area contributed by atoms with E-state index in [2.05, 4.69) is 30.2 Å². The van der Waals surface area contributed by atoms with Crippen LogP contribution >= 0.6 is 0 Å². The maximum Gasteiger partial charge on any atom is 0.347 e.